The van der Waals surface area contributed by atoms with Gasteiger partial charge in [-0.3, -0.25) is 0 Å². The molecule has 0 spiro atoms. The Kier molecular flexibility index (Phi) is 1.73. The Labute approximate surface area is 67.3 Å². The minimum absolute atomic E-state index is 0.178. The first-order valence-electron chi connectivity index (χ1n) is 3.57. The third kappa shape index (κ3) is 1.33. The van der Waals surface area contributed by atoms with Gasteiger partial charge >= 0.3 is 0 Å². The monoisotopic (exact) mass is 159 g/mol. The lowest BCUT2D eigenvalue weighted by atomic mass is 10.6. The van der Waals surface area contributed by atoms with E-state index in [1.54, 1.807) is 0 Å². The molecule has 0 atom stereocenters. The van der Waals surface area contributed by atoms with Crippen molar-refractivity contribution in [1.29, 1.82) is 0 Å². The van der Waals surface area contributed by atoms with Gasteiger partial charge in [-0.1, -0.05) is 11.8 Å². The molecule has 0 unspecified atom stereocenters. The fourth-order valence-electron chi connectivity index (χ4n) is 1.04. The SMILES string of the molecule is C1=CC=CC=1[p+]1ccccc1. The summed E-state index contributed by atoms with van der Waals surface area (Å²) in [6.07, 6.45) is 6.14. The molecule has 0 nitrogen and oxygen atoms in total. The van der Waals surface area contributed by atoms with E-state index in [0.29, 0.717) is 0 Å². The van der Waals surface area contributed by atoms with Crippen LogP contribution in [-0.2, 0) is 0 Å². The molecule has 1 heterocycles. The molecule has 1 aromatic rings. The van der Waals surface area contributed by atoms with Gasteiger partial charge in [-0.25, -0.2) is 0 Å². The van der Waals surface area contributed by atoms with Crippen LogP contribution in [0.15, 0.2) is 53.8 Å². The van der Waals surface area contributed by atoms with E-state index in [4.69, 9.17) is 0 Å². The van der Waals surface area contributed by atoms with Crippen molar-refractivity contribution >= 4 is 12.8 Å². The quantitative estimate of drug-likeness (QED) is 0.550. The first-order valence-corrected chi connectivity index (χ1v) is 5.05. The molecule has 0 saturated heterocycles. The molecular weight excluding hydrogens is 151 g/mol. The summed E-state index contributed by atoms with van der Waals surface area (Å²) in [4.78, 5) is 0. The summed E-state index contributed by atoms with van der Waals surface area (Å²) in [6.45, 7) is 0. The van der Waals surface area contributed by atoms with Crippen LogP contribution in [0.25, 0.3) is 5.31 Å². The predicted molar refractivity (Wildman–Crippen MR) is 50.5 cm³/mol. The fraction of sp³-hybridized carbons (Fsp3) is 0. The van der Waals surface area contributed by atoms with Crippen molar-refractivity contribution in [3.05, 3.63) is 53.8 Å². The van der Waals surface area contributed by atoms with Crippen LogP contribution < -0.4 is 0 Å². The van der Waals surface area contributed by atoms with Crippen molar-refractivity contribution in [2.24, 2.45) is 0 Å². The van der Waals surface area contributed by atoms with Gasteiger partial charge in [0.15, 0.2) is 12.8 Å². The second-order valence-electron chi connectivity index (χ2n) is 2.34. The Bertz CT molecular complexity index is 340. The molecule has 0 bridgehead atoms. The number of hydrogen-bond donors (Lipinski definition) is 0. The van der Waals surface area contributed by atoms with Crippen molar-refractivity contribution in [2.45, 2.75) is 0 Å². The van der Waals surface area contributed by atoms with Crippen LogP contribution >= 0.6 is 7.53 Å². The maximum Gasteiger partial charge on any atom is 0.195 e. The average molecular weight is 159 g/mol. The molecule has 0 saturated carbocycles. The average Bonchev–Trinajstić information content (AvgIpc) is 2.58. The highest BCUT2D eigenvalue weighted by Gasteiger charge is 2.08. The van der Waals surface area contributed by atoms with E-state index in [2.05, 4.69) is 41.6 Å². The van der Waals surface area contributed by atoms with E-state index in [1.165, 1.54) is 5.31 Å². The second kappa shape index (κ2) is 2.88. The van der Waals surface area contributed by atoms with Gasteiger partial charge in [-0.05, 0) is 30.4 Å². The van der Waals surface area contributed by atoms with E-state index in [-0.39, 0.29) is 7.53 Å². The van der Waals surface area contributed by atoms with Gasteiger partial charge in [0.2, 0.25) is 0 Å². The lowest BCUT2D eigenvalue weighted by Gasteiger charge is -1.81. The maximum atomic E-state index is 3.22. The minimum atomic E-state index is -0.178. The number of allylic oxidation sites excluding steroid dienone is 3. The molecule has 52 valence electrons. The Balaban J connectivity index is 2.46. The standard InChI is InChI=1S/C10H8P/c1-4-8-11(9-5-1)10-6-2-3-7-10/h1-6,8-9H/q+1. The smallest absolute Gasteiger partial charge is 0.0669 e. The van der Waals surface area contributed by atoms with Crippen LogP contribution in [-0.4, -0.2) is 0 Å². The lowest BCUT2D eigenvalue weighted by Crippen LogP contribution is -1.58. The largest absolute Gasteiger partial charge is 0.195 e. The Morgan fingerprint density at radius 1 is 1.09 bits per heavy atom. The van der Waals surface area contributed by atoms with Gasteiger partial charge in [0.05, 0.1) is 0 Å². The van der Waals surface area contributed by atoms with Crippen LogP contribution in [0.3, 0.4) is 0 Å². The summed E-state index contributed by atoms with van der Waals surface area (Å²) < 4.78 is 0. The zero-order valence-corrected chi connectivity index (χ0v) is 6.96. The molecule has 1 heteroatoms. The van der Waals surface area contributed by atoms with Crippen molar-refractivity contribution in [1.82, 2.24) is 0 Å². The zero-order chi connectivity index (χ0) is 7.52. The lowest BCUT2D eigenvalue weighted by molar-refractivity contribution is 1.88. The Morgan fingerprint density at radius 2 is 1.91 bits per heavy atom. The minimum Gasteiger partial charge on any atom is -0.0669 e. The predicted octanol–water partition coefficient (Wildman–Crippen LogP) is 3.52. The Morgan fingerprint density at radius 3 is 2.55 bits per heavy atom. The molecule has 2 rings (SSSR count). The van der Waals surface area contributed by atoms with E-state index in [9.17, 15) is 0 Å². The van der Waals surface area contributed by atoms with Gasteiger partial charge in [0.25, 0.3) is 0 Å². The molecule has 0 aromatic carbocycles. The Hall–Kier alpha value is -1.09. The molecule has 0 radical (unpaired) electrons. The molecule has 0 fully saturated rings. The van der Waals surface area contributed by atoms with Gasteiger partial charge in [0, 0.05) is 0 Å². The van der Waals surface area contributed by atoms with Crippen molar-refractivity contribution in [3.63, 3.8) is 0 Å². The number of hydrogen-bond acceptors (Lipinski definition) is 0. The summed E-state index contributed by atoms with van der Waals surface area (Å²) >= 11 is 0. The summed E-state index contributed by atoms with van der Waals surface area (Å²) in [5.74, 6) is 4.47. The summed E-state index contributed by atoms with van der Waals surface area (Å²) in [7, 11) is -0.178. The molecule has 1 aliphatic carbocycles. The highest BCUT2D eigenvalue weighted by molar-refractivity contribution is 7.59. The van der Waals surface area contributed by atoms with Gasteiger partial charge in [0.1, 0.15) is 11.6 Å². The van der Waals surface area contributed by atoms with Gasteiger partial charge in [-0.2, -0.15) is 0 Å². The van der Waals surface area contributed by atoms with E-state index < -0.39 is 0 Å². The molecular formula is C10H8P+. The third-order valence-electron chi connectivity index (χ3n) is 1.58. The van der Waals surface area contributed by atoms with Crippen molar-refractivity contribution < 1.29 is 0 Å². The van der Waals surface area contributed by atoms with E-state index in [0.717, 1.165) is 0 Å². The van der Waals surface area contributed by atoms with Crippen LogP contribution in [0.2, 0.25) is 0 Å². The normalized spacial score (nSPS) is 13.6. The summed E-state index contributed by atoms with van der Waals surface area (Å²) in [5.41, 5.74) is 3.22. The molecule has 1 aromatic heterocycles. The molecule has 1 aliphatic rings. The molecule has 0 N–H and O–H groups in total. The van der Waals surface area contributed by atoms with Crippen LogP contribution in [0.1, 0.15) is 0 Å². The fourth-order valence-corrected chi connectivity index (χ4v) is 2.51. The number of rotatable bonds is 1. The van der Waals surface area contributed by atoms with Crippen LogP contribution in [0.5, 0.6) is 0 Å². The molecule has 11 heavy (non-hydrogen) atoms. The highest BCUT2D eigenvalue weighted by atomic mass is 31.1. The van der Waals surface area contributed by atoms with Gasteiger partial charge < -0.3 is 0 Å². The third-order valence-corrected chi connectivity index (χ3v) is 3.40. The maximum absolute atomic E-state index is 3.22. The summed E-state index contributed by atoms with van der Waals surface area (Å²) in [6, 6.07) is 6.26. The molecule has 0 aliphatic heterocycles. The van der Waals surface area contributed by atoms with Crippen molar-refractivity contribution in [3.8, 4) is 0 Å². The highest BCUT2D eigenvalue weighted by Crippen LogP contribution is 2.38. The first kappa shape index (κ1) is 6.61. The van der Waals surface area contributed by atoms with Crippen LogP contribution in [0.4, 0.5) is 0 Å². The molecule has 0 amide bonds. The first-order chi connectivity index (χ1) is 5.47. The van der Waals surface area contributed by atoms with Crippen molar-refractivity contribution in [2.75, 3.05) is 0 Å². The zero-order valence-electron chi connectivity index (χ0n) is 6.07. The second-order valence-corrected chi connectivity index (χ2v) is 4.23. The topological polar surface area (TPSA) is 0 Å². The van der Waals surface area contributed by atoms with Crippen LogP contribution in [0, 0.1) is 0 Å². The van der Waals surface area contributed by atoms with E-state index in [1.807, 2.05) is 12.2 Å². The van der Waals surface area contributed by atoms with E-state index >= 15 is 0 Å². The van der Waals surface area contributed by atoms with Gasteiger partial charge in [-0.15, -0.1) is 0 Å². The summed E-state index contributed by atoms with van der Waals surface area (Å²) in [5, 5.41) is 1.32.